The number of aromatic nitrogens is 2. The molecule has 27 heavy (non-hydrogen) atoms. The van der Waals surface area contributed by atoms with Crippen LogP contribution < -0.4 is 0 Å². The molecular formula is C22H23N3O2. The van der Waals surface area contributed by atoms with Crippen molar-refractivity contribution in [3.8, 4) is 11.3 Å². The topological polar surface area (TPSA) is 46.8 Å². The Hall–Kier alpha value is -2.92. The number of carbonyl (C=O) groups excluding carboxylic acids is 1. The number of nitrogens with zero attached hydrogens (tertiary/aromatic N) is 3. The molecule has 0 N–H and O–H groups in total. The molecule has 1 aliphatic heterocycles. The summed E-state index contributed by atoms with van der Waals surface area (Å²) >= 11 is 0. The van der Waals surface area contributed by atoms with E-state index in [1.807, 2.05) is 21.6 Å². The highest BCUT2D eigenvalue weighted by molar-refractivity contribution is 5.93. The summed E-state index contributed by atoms with van der Waals surface area (Å²) in [7, 11) is 0. The third-order valence-corrected chi connectivity index (χ3v) is 4.85. The van der Waals surface area contributed by atoms with Crippen molar-refractivity contribution in [3.63, 3.8) is 0 Å². The molecule has 0 spiro atoms. The number of morpholine rings is 1. The number of amides is 1. The van der Waals surface area contributed by atoms with Crippen molar-refractivity contribution in [3.05, 3.63) is 65.5 Å². The van der Waals surface area contributed by atoms with Crippen LogP contribution in [0, 0.1) is 13.8 Å². The summed E-state index contributed by atoms with van der Waals surface area (Å²) in [5, 5.41) is 0. The predicted octanol–water partition coefficient (Wildman–Crippen LogP) is 3.49. The number of carbonyl (C=O) groups is 1. The monoisotopic (exact) mass is 361 g/mol. The zero-order valence-corrected chi connectivity index (χ0v) is 15.7. The Bertz CT molecular complexity index is 996. The van der Waals surface area contributed by atoms with Gasteiger partial charge in [0.1, 0.15) is 5.65 Å². The van der Waals surface area contributed by atoms with E-state index in [1.165, 1.54) is 5.56 Å². The van der Waals surface area contributed by atoms with Gasteiger partial charge in [-0.1, -0.05) is 29.8 Å². The number of pyridine rings is 1. The van der Waals surface area contributed by atoms with E-state index < -0.39 is 0 Å². The molecule has 0 unspecified atom stereocenters. The molecule has 1 aromatic carbocycles. The Morgan fingerprint density at radius 2 is 1.81 bits per heavy atom. The minimum Gasteiger partial charge on any atom is -0.378 e. The van der Waals surface area contributed by atoms with Gasteiger partial charge in [0, 0.05) is 30.9 Å². The van der Waals surface area contributed by atoms with Gasteiger partial charge in [0.15, 0.2) is 0 Å². The molecule has 1 fully saturated rings. The quantitative estimate of drug-likeness (QED) is 0.671. The molecule has 3 heterocycles. The van der Waals surface area contributed by atoms with Gasteiger partial charge in [0.25, 0.3) is 0 Å². The lowest BCUT2D eigenvalue weighted by Gasteiger charge is -2.25. The molecule has 5 nitrogen and oxygen atoms in total. The van der Waals surface area contributed by atoms with Gasteiger partial charge >= 0.3 is 0 Å². The molecule has 5 heteroatoms. The zero-order chi connectivity index (χ0) is 18.8. The van der Waals surface area contributed by atoms with E-state index in [0.717, 1.165) is 28.2 Å². The van der Waals surface area contributed by atoms with Gasteiger partial charge in [0.2, 0.25) is 5.91 Å². The average Bonchev–Trinajstić information content (AvgIpc) is 3.04. The van der Waals surface area contributed by atoms with Crippen LogP contribution in [-0.4, -0.2) is 46.5 Å². The minimum absolute atomic E-state index is 0.00946. The summed E-state index contributed by atoms with van der Waals surface area (Å²) in [4.78, 5) is 19.2. The number of aryl methyl sites for hydroxylation is 2. The molecule has 0 radical (unpaired) electrons. The first-order chi connectivity index (χ1) is 13.1. The first-order valence-corrected chi connectivity index (χ1v) is 9.22. The lowest BCUT2D eigenvalue weighted by Crippen LogP contribution is -2.39. The van der Waals surface area contributed by atoms with Crippen LogP contribution in [0.2, 0.25) is 0 Å². The Kier molecular flexibility index (Phi) is 4.77. The van der Waals surface area contributed by atoms with E-state index in [1.54, 1.807) is 6.08 Å². The van der Waals surface area contributed by atoms with Gasteiger partial charge < -0.3 is 9.64 Å². The van der Waals surface area contributed by atoms with Crippen LogP contribution in [0.15, 0.2) is 48.7 Å². The lowest BCUT2D eigenvalue weighted by atomic mass is 10.1. The number of hydrogen-bond acceptors (Lipinski definition) is 3. The number of imidazole rings is 1. The first kappa shape index (κ1) is 17.5. The van der Waals surface area contributed by atoms with Crippen LogP contribution in [0.25, 0.3) is 23.0 Å². The number of hydrogen-bond donors (Lipinski definition) is 0. The highest BCUT2D eigenvalue weighted by atomic mass is 16.5. The second-order valence-electron chi connectivity index (χ2n) is 6.91. The molecule has 0 saturated carbocycles. The predicted molar refractivity (Wildman–Crippen MR) is 107 cm³/mol. The first-order valence-electron chi connectivity index (χ1n) is 9.22. The summed E-state index contributed by atoms with van der Waals surface area (Å²) in [6.07, 6.45) is 5.53. The highest BCUT2D eigenvalue weighted by Gasteiger charge is 2.16. The summed E-state index contributed by atoms with van der Waals surface area (Å²) in [6, 6.07) is 12.4. The van der Waals surface area contributed by atoms with Crippen molar-refractivity contribution >= 4 is 17.6 Å². The van der Waals surface area contributed by atoms with Crippen molar-refractivity contribution < 1.29 is 9.53 Å². The van der Waals surface area contributed by atoms with E-state index in [9.17, 15) is 4.79 Å². The average molecular weight is 361 g/mol. The molecule has 1 aliphatic rings. The highest BCUT2D eigenvalue weighted by Crippen LogP contribution is 2.26. The third-order valence-electron chi connectivity index (χ3n) is 4.85. The van der Waals surface area contributed by atoms with E-state index in [4.69, 9.17) is 9.72 Å². The number of rotatable bonds is 3. The zero-order valence-electron chi connectivity index (χ0n) is 15.7. The van der Waals surface area contributed by atoms with Crippen molar-refractivity contribution in [2.24, 2.45) is 0 Å². The van der Waals surface area contributed by atoms with Gasteiger partial charge in [-0.15, -0.1) is 0 Å². The molecule has 1 amide bonds. The molecule has 0 aliphatic carbocycles. The maximum atomic E-state index is 12.5. The van der Waals surface area contributed by atoms with Crippen LogP contribution in [0.4, 0.5) is 0 Å². The van der Waals surface area contributed by atoms with Crippen molar-refractivity contribution in [2.75, 3.05) is 26.3 Å². The van der Waals surface area contributed by atoms with Crippen molar-refractivity contribution in [1.82, 2.24) is 14.3 Å². The van der Waals surface area contributed by atoms with Crippen LogP contribution >= 0.6 is 0 Å². The molecule has 138 valence electrons. The van der Waals surface area contributed by atoms with Gasteiger partial charge in [-0.05, 0) is 37.6 Å². The molecule has 2 aromatic heterocycles. The Morgan fingerprint density at radius 3 is 2.56 bits per heavy atom. The number of fused-ring (bicyclic) bond motifs is 1. The second kappa shape index (κ2) is 7.37. The molecule has 1 saturated heterocycles. The van der Waals surface area contributed by atoms with Gasteiger partial charge in [-0.3, -0.25) is 9.20 Å². The van der Waals surface area contributed by atoms with Crippen molar-refractivity contribution in [2.45, 2.75) is 13.8 Å². The fourth-order valence-corrected chi connectivity index (χ4v) is 3.29. The Balaban J connectivity index is 1.75. The third kappa shape index (κ3) is 3.64. The lowest BCUT2D eigenvalue weighted by molar-refractivity contribution is -0.129. The smallest absolute Gasteiger partial charge is 0.246 e. The summed E-state index contributed by atoms with van der Waals surface area (Å²) in [5.41, 5.74) is 6.08. The molecule has 3 aromatic rings. The summed E-state index contributed by atoms with van der Waals surface area (Å²) in [6.45, 7) is 6.60. The Morgan fingerprint density at radius 1 is 1.07 bits per heavy atom. The molecular weight excluding hydrogens is 338 g/mol. The maximum absolute atomic E-state index is 12.5. The largest absolute Gasteiger partial charge is 0.378 e. The second-order valence-corrected chi connectivity index (χ2v) is 6.91. The standard InChI is InChI=1S/C22H23N3O2/c1-16-3-5-18(6-4-16)22-19(25-10-9-17(2)15-20(25)23-22)7-8-21(26)24-11-13-27-14-12-24/h3-10,15H,11-14H2,1-2H3/b8-7+. The Labute approximate surface area is 158 Å². The van der Waals surface area contributed by atoms with Gasteiger partial charge in [-0.2, -0.15) is 0 Å². The van der Waals surface area contributed by atoms with E-state index >= 15 is 0 Å². The van der Waals surface area contributed by atoms with Gasteiger partial charge in [0.05, 0.1) is 24.6 Å². The molecule has 4 rings (SSSR count). The van der Waals surface area contributed by atoms with E-state index in [2.05, 4.69) is 50.2 Å². The summed E-state index contributed by atoms with van der Waals surface area (Å²) in [5.74, 6) is 0.00946. The number of ether oxygens (including phenoxy) is 1. The molecule has 0 atom stereocenters. The fraction of sp³-hybridized carbons (Fsp3) is 0.273. The normalized spacial score (nSPS) is 15.0. The van der Waals surface area contributed by atoms with Crippen LogP contribution in [-0.2, 0) is 9.53 Å². The van der Waals surface area contributed by atoms with Gasteiger partial charge in [-0.25, -0.2) is 4.98 Å². The van der Waals surface area contributed by atoms with E-state index in [-0.39, 0.29) is 5.91 Å². The van der Waals surface area contributed by atoms with E-state index in [0.29, 0.717) is 26.3 Å². The molecule has 0 bridgehead atoms. The summed E-state index contributed by atoms with van der Waals surface area (Å²) < 4.78 is 7.36. The van der Waals surface area contributed by atoms with Crippen LogP contribution in [0.3, 0.4) is 0 Å². The number of benzene rings is 1. The fourth-order valence-electron chi connectivity index (χ4n) is 3.29. The van der Waals surface area contributed by atoms with Crippen LogP contribution in [0.5, 0.6) is 0 Å². The van der Waals surface area contributed by atoms with Crippen LogP contribution in [0.1, 0.15) is 16.8 Å². The minimum atomic E-state index is 0.00946. The SMILES string of the molecule is Cc1ccc(-c2nc3cc(C)ccn3c2/C=C/C(=O)N2CCOCC2)cc1. The van der Waals surface area contributed by atoms with Crippen molar-refractivity contribution in [1.29, 1.82) is 0 Å². The maximum Gasteiger partial charge on any atom is 0.246 e.